The van der Waals surface area contributed by atoms with E-state index in [-0.39, 0.29) is 6.03 Å². The quantitative estimate of drug-likeness (QED) is 0.414. The number of amides is 2. The summed E-state index contributed by atoms with van der Waals surface area (Å²) in [5.41, 5.74) is 0.442. The number of hydrogen-bond acceptors (Lipinski definition) is 5. The third-order valence-electron chi connectivity index (χ3n) is 7.12. The van der Waals surface area contributed by atoms with E-state index in [9.17, 15) is 18.0 Å². The number of nitrogens with zero attached hydrogens (tertiary/aromatic N) is 4. The molecule has 5 rings (SSSR count). The van der Waals surface area contributed by atoms with Crippen molar-refractivity contribution in [2.75, 3.05) is 50.7 Å². The third kappa shape index (κ3) is 6.12. The highest BCUT2D eigenvalue weighted by molar-refractivity contribution is 7.17. The number of piperazine rings is 1. The Morgan fingerprint density at radius 2 is 1.97 bits per heavy atom. The number of urea groups is 1. The number of fused-ring (bicyclic) bond motifs is 1. The summed E-state index contributed by atoms with van der Waals surface area (Å²) >= 11 is 1.37. The molecule has 3 aromatic rings. The van der Waals surface area contributed by atoms with Crippen LogP contribution in [0.25, 0.3) is 10.1 Å². The highest BCUT2D eigenvalue weighted by Gasteiger charge is 2.38. The Hall–Kier alpha value is -2.79. The molecule has 36 heavy (non-hydrogen) atoms. The van der Waals surface area contributed by atoms with Crippen LogP contribution in [0, 0.1) is 11.8 Å². The van der Waals surface area contributed by atoms with Gasteiger partial charge in [-0.05, 0) is 36.8 Å². The summed E-state index contributed by atoms with van der Waals surface area (Å²) in [6.07, 6.45) is 3.11. The number of alkyl halides is 3. The number of rotatable bonds is 9. The van der Waals surface area contributed by atoms with Crippen molar-refractivity contribution < 1.29 is 18.0 Å². The lowest BCUT2D eigenvalue weighted by Crippen LogP contribution is -2.47. The van der Waals surface area contributed by atoms with Gasteiger partial charge in [0.25, 0.3) is 0 Å². The van der Waals surface area contributed by atoms with E-state index in [0.29, 0.717) is 29.6 Å². The number of benzene rings is 1. The van der Waals surface area contributed by atoms with Crippen molar-refractivity contribution in [2.24, 2.45) is 11.8 Å². The Bertz CT molecular complexity index is 1160. The summed E-state index contributed by atoms with van der Waals surface area (Å²) in [4.78, 5) is 20.8. The van der Waals surface area contributed by atoms with Crippen molar-refractivity contribution in [1.82, 2.24) is 25.1 Å². The van der Waals surface area contributed by atoms with Gasteiger partial charge in [-0.1, -0.05) is 6.07 Å². The van der Waals surface area contributed by atoms with Gasteiger partial charge in [-0.2, -0.15) is 13.2 Å². The number of thiophene rings is 1. The molecule has 7 nitrogen and oxygen atoms in total. The van der Waals surface area contributed by atoms with Gasteiger partial charge in [0.1, 0.15) is 0 Å². The first-order valence-corrected chi connectivity index (χ1v) is 13.3. The fraction of sp³-hybridized carbons (Fsp3) is 0.520. The highest BCUT2D eigenvalue weighted by Crippen LogP contribution is 2.40. The SMILES string of the molecule is O=C(NCCCn1ccnc1)NC[C@@H]1CC1CN1CCN(c2csc3cc(C(F)(F)F)ccc23)CC1. The fourth-order valence-electron chi connectivity index (χ4n) is 4.89. The minimum atomic E-state index is -4.31. The molecule has 2 aliphatic rings. The monoisotopic (exact) mass is 520 g/mol. The maximum Gasteiger partial charge on any atom is 0.416 e. The van der Waals surface area contributed by atoms with Crippen LogP contribution in [-0.4, -0.2) is 66.3 Å². The zero-order valence-electron chi connectivity index (χ0n) is 20.0. The number of anilines is 1. The maximum absolute atomic E-state index is 13.0. The molecule has 194 valence electrons. The number of halogens is 3. The van der Waals surface area contributed by atoms with E-state index in [1.807, 2.05) is 16.1 Å². The van der Waals surface area contributed by atoms with Gasteiger partial charge in [0, 0.05) is 80.2 Å². The van der Waals surface area contributed by atoms with Gasteiger partial charge in [0.2, 0.25) is 0 Å². The van der Waals surface area contributed by atoms with E-state index >= 15 is 0 Å². The van der Waals surface area contributed by atoms with Crippen LogP contribution in [0.2, 0.25) is 0 Å². The molecular formula is C25H31F3N6OS. The van der Waals surface area contributed by atoms with Gasteiger partial charge in [-0.3, -0.25) is 4.90 Å². The first-order valence-electron chi connectivity index (χ1n) is 12.4. The first-order chi connectivity index (χ1) is 17.4. The van der Waals surface area contributed by atoms with Gasteiger partial charge in [-0.25, -0.2) is 9.78 Å². The van der Waals surface area contributed by atoms with E-state index < -0.39 is 11.7 Å². The third-order valence-corrected chi connectivity index (χ3v) is 8.05. The maximum atomic E-state index is 13.0. The molecule has 0 bridgehead atoms. The Balaban J connectivity index is 0.996. The molecule has 11 heteroatoms. The number of carbonyl (C=O) groups is 1. The molecule has 1 aliphatic carbocycles. The van der Waals surface area contributed by atoms with Crippen molar-refractivity contribution in [2.45, 2.75) is 25.6 Å². The van der Waals surface area contributed by atoms with Crippen molar-refractivity contribution >= 4 is 33.1 Å². The highest BCUT2D eigenvalue weighted by atomic mass is 32.1. The van der Waals surface area contributed by atoms with Gasteiger partial charge in [-0.15, -0.1) is 11.3 Å². The van der Waals surface area contributed by atoms with Crippen LogP contribution < -0.4 is 15.5 Å². The first kappa shape index (κ1) is 24.9. The molecule has 2 amide bonds. The molecule has 1 aromatic carbocycles. The van der Waals surface area contributed by atoms with Crippen LogP contribution in [0.1, 0.15) is 18.4 Å². The minimum Gasteiger partial charge on any atom is -0.368 e. The van der Waals surface area contributed by atoms with Crippen LogP contribution in [0.3, 0.4) is 0 Å². The van der Waals surface area contributed by atoms with Crippen molar-refractivity contribution in [3.63, 3.8) is 0 Å². The summed E-state index contributed by atoms with van der Waals surface area (Å²) in [7, 11) is 0. The number of aromatic nitrogens is 2. The van der Waals surface area contributed by atoms with E-state index in [2.05, 4.69) is 25.4 Å². The average molecular weight is 521 g/mol. The minimum absolute atomic E-state index is 0.106. The van der Waals surface area contributed by atoms with Gasteiger partial charge < -0.3 is 20.1 Å². The number of imidazole rings is 1. The van der Waals surface area contributed by atoms with Crippen LogP contribution in [0.4, 0.5) is 23.7 Å². The van der Waals surface area contributed by atoms with Crippen molar-refractivity contribution in [3.05, 3.63) is 47.9 Å². The molecule has 3 heterocycles. The summed E-state index contributed by atoms with van der Waals surface area (Å²) in [5.74, 6) is 1.14. The number of nitrogens with one attached hydrogen (secondary N) is 2. The predicted octanol–water partition coefficient (Wildman–Crippen LogP) is 4.26. The Labute approximate surface area is 212 Å². The molecule has 2 aromatic heterocycles. The van der Waals surface area contributed by atoms with Crippen LogP contribution >= 0.6 is 11.3 Å². The summed E-state index contributed by atoms with van der Waals surface area (Å²) in [6.45, 7) is 6.81. The molecule has 2 atom stereocenters. The van der Waals surface area contributed by atoms with E-state index in [1.54, 1.807) is 18.6 Å². The molecule has 1 aliphatic heterocycles. The molecule has 0 radical (unpaired) electrons. The standard InChI is InChI=1S/C25H31F3N6OS/c26-25(27,28)20-2-3-21-22(16-36-23(21)13-20)34-10-8-32(9-11-34)15-19-12-18(19)14-31-24(35)30-4-1-6-33-7-5-29-17-33/h2-3,5,7,13,16-19H,1,4,6,8-12,14-15H2,(H2,30,31,35)/t18-,19?/m0/s1. The number of carbonyl (C=O) groups excluding carboxylic acids is 1. The molecule has 1 saturated heterocycles. The molecule has 2 N–H and O–H groups in total. The van der Waals surface area contributed by atoms with Gasteiger partial charge in [0.15, 0.2) is 0 Å². The molecule has 1 unspecified atom stereocenters. The lowest BCUT2D eigenvalue weighted by atomic mass is 10.1. The smallest absolute Gasteiger partial charge is 0.368 e. The second-order valence-corrected chi connectivity index (χ2v) is 10.6. The molecule has 2 fully saturated rings. The lowest BCUT2D eigenvalue weighted by molar-refractivity contribution is -0.137. The summed E-state index contributed by atoms with van der Waals surface area (Å²) in [6, 6.07) is 3.93. The summed E-state index contributed by atoms with van der Waals surface area (Å²) < 4.78 is 41.7. The van der Waals surface area contributed by atoms with Gasteiger partial charge in [0.05, 0.1) is 17.6 Å². The summed E-state index contributed by atoms with van der Waals surface area (Å²) in [5, 5.41) is 8.78. The lowest BCUT2D eigenvalue weighted by Gasteiger charge is -2.36. The topological polar surface area (TPSA) is 65.4 Å². The zero-order chi connectivity index (χ0) is 25.1. The second kappa shape index (κ2) is 10.7. The average Bonchev–Trinajstić information content (AvgIpc) is 3.22. The second-order valence-electron chi connectivity index (χ2n) is 9.66. The number of hydrogen-bond donors (Lipinski definition) is 2. The van der Waals surface area contributed by atoms with Crippen LogP contribution in [0.15, 0.2) is 42.3 Å². The normalized spacial score (nSPS) is 20.6. The predicted molar refractivity (Wildman–Crippen MR) is 135 cm³/mol. The van der Waals surface area contributed by atoms with Crippen molar-refractivity contribution in [3.8, 4) is 0 Å². The molecule has 0 spiro atoms. The molecule has 1 saturated carbocycles. The van der Waals surface area contributed by atoms with E-state index in [1.165, 1.54) is 23.5 Å². The van der Waals surface area contributed by atoms with Crippen molar-refractivity contribution in [1.29, 1.82) is 0 Å². The Morgan fingerprint density at radius 1 is 1.14 bits per heavy atom. The largest absolute Gasteiger partial charge is 0.416 e. The van der Waals surface area contributed by atoms with Crippen LogP contribution in [-0.2, 0) is 12.7 Å². The van der Waals surface area contributed by atoms with E-state index in [4.69, 9.17) is 0 Å². The molecular weight excluding hydrogens is 489 g/mol. The fourth-order valence-corrected chi connectivity index (χ4v) is 5.90. The van der Waals surface area contributed by atoms with Crippen LogP contribution in [0.5, 0.6) is 0 Å². The Morgan fingerprint density at radius 3 is 2.72 bits per heavy atom. The van der Waals surface area contributed by atoms with Gasteiger partial charge >= 0.3 is 12.2 Å². The zero-order valence-corrected chi connectivity index (χ0v) is 20.8. The van der Waals surface area contributed by atoms with E-state index in [0.717, 1.165) is 63.2 Å². The number of aryl methyl sites for hydroxylation is 1. The Kier molecular flexibility index (Phi) is 7.38.